The van der Waals surface area contributed by atoms with Crippen molar-refractivity contribution < 1.29 is 8.78 Å². The molecule has 0 saturated carbocycles. The average molecular weight is 364 g/mol. The molecule has 2 rings (SSSR count). The molecule has 0 N–H and O–H groups in total. The van der Waals surface area contributed by atoms with Gasteiger partial charge in [-0.3, -0.25) is 0 Å². The SMILES string of the molecule is CCCCN(CCCC)c1cccc(SC)c1-c1ccc(F)c(F)c1. The average Bonchev–Trinajstić information content (AvgIpc) is 2.63. The van der Waals surface area contributed by atoms with Crippen LogP contribution in [0.25, 0.3) is 11.1 Å². The van der Waals surface area contributed by atoms with Gasteiger partial charge in [0, 0.05) is 29.2 Å². The summed E-state index contributed by atoms with van der Waals surface area (Å²) in [7, 11) is 0. The molecule has 0 spiro atoms. The van der Waals surface area contributed by atoms with Crippen LogP contribution in [0.2, 0.25) is 0 Å². The molecule has 1 nitrogen and oxygen atoms in total. The van der Waals surface area contributed by atoms with Crippen molar-refractivity contribution in [2.75, 3.05) is 24.2 Å². The lowest BCUT2D eigenvalue weighted by Crippen LogP contribution is -2.26. The smallest absolute Gasteiger partial charge is 0.159 e. The second kappa shape index (κ2) is 9.81. The van der Waals surface area contributed by atoms with Crippen LogP contribution >= 0.6 is 11.8 Å². The first kappa shape index (κ1) is 19.8. The second-order valence-electron chi connectivity index (χ2n) is 6.18. The van der Waals surface area contributed by atoms with Crippen molar-refractivity contribution in [1.29, 1.82) is 0 Å². The fourth-order valence-corrected chi connectivity index (χ4v) is 3.59. The predicted octanol–water partition coefficient (Wildman–Crippen LogP) is 6.76. The Morgan fingerprint density at radius 2 is 1.60 bits per heavy atom. The first-order valence-electron chi connectivity index (χ1n) is 8.99. The van der Waals surface area contributed by atoms with E-state index in [-0.39, 0.29) is 0 Å². The molecular weight excluding hydrogens is 336 g/mol. The van der Waals surface area contributed by atoms with Crippen molar-refractivity contribution in [2.24, 2.45) is 0 Å². The van der Waals surface area contributed by atoms with Gasteiger partial charge in [0.1, 0.15) is 0 Å². The third kappa shape index (κ3) is 4.97. The zero-order chi connectivity index (χ0) is 18.2. The first-order chi connectivity index (χ1) is 12.1. The molecule has 0 aliphatic carbocycles. The summed E-state index contributed by atoms with van der Waals surface area (Å²) in [5, 5.41) is 0. The summed E-state index contributed by atoms with van der Waals surface area (Å²) in [6.07, 6.45) is 6.51. The summed E-state index contributed by atoms with van der Waals surface area (Å²) in [5.41, 5.74) is 2.85. The van der Waals surface area contributed by atoms with Crippen molar-refractivity contribution in [3.63, 3.8) is 0 Å². The molecule has 25 heavy (non-hydrogen) atoms. The Morgan fingerprint density at radius 3 is 2.16 bits per heavy atom. The molecule has 0 fully saturated rings. The summed E-state index contributed by atoms with van der Waals surface area (Å²) in [4.78, 5) is 3.48. The number of thioether (sulfide) groups is 1. The highest BCUT2D eigenvalue weighted by Crippen LogP contribution is 2.39. The lowest BCUT2D eigenvalue weighted by molar-refractivity contribution is 0.509. The van der Waals surface area contributed by atoms with Gasteiger partial charge in [-0.25, -0.2) is 8.78 Å². The van der Waals surface area contributed by atoms with E-state index in [0.717, 1.165) is 60.5 Å². The number of unbranched alkanes of at least 4 members (excludes halogenated alkanes) is 2. The van der Waals surface area contributed by atoms with E-state index in [2.05, 4.69) is 30.9 Å². The number of rotatable bonds is 9. The highest BCUT2D eigenvalue weighted by Gasteiger charge is 2.17. The van der Waals surface area contributed by atoms with Gasteiger partial charge in [0.15, 0.2) is 11.6 Å². The van der Waals surface area contributed by atoms with E-state index in [1.807, 2.05) is 12.3 Å². The molecule has 136 valence electrons. The van der Waals surface area contributed by atoms with Crippen LogP contribution in [0.3, 0.4) is 0 Å². The van der Waals surface area contributed by atoms with Crippen molar-refractivity contribution in [2.45, 2.75) is 44.4 Å². The predicted molar refractivity (Wildman–Crippen MR) is 106 cm³/mol. The van der Waals surface area contributed by atoms with Gasteiger partial charge in [-0.15, -0.1) is 11.8 Å². The van der Waals surface area contributed by atoms with Gasteiger partial charge in [-0.1, -0.05) is 38.8 Å². The van der Waals surface area contributed by atoms with Crippen molar-refractivity contribution in [3.05, 3.63) is 48.0 Å². The van der Waals surface area contributed by atoms with Crippen molar-refractivity contribution in [1.82, 2.24) is 0 Å². The zero-order valence-corrected chi connectivity index (χ0v) is 16.1. The standard InChI is InChI=1S/C21H27F2NS/c1-4-6-13-24(14-7-5-2)19-9-8-10-20(25-3)21(19)16-11-12-17(22)18(23)15-16/h8-12,15H,4-7,13-14H2,1-3H3. The number of nitrogens with zero attached hydrogens (tertiary/aromatic N) is 1. The van der Waals surface area contributed by atoms with Crippen LogP contribution in [0.5, 0.6) is 0 Å². The van der Waals surface area contributed by atoms with E-state index >= 15 is 0 Å². The van der Waals surface area contributed by atoms with E-state index in [1.54, 1.807) is 17.8 Å². The molecule has 0 heterocycles. The van der Waals surface area contributed by atoms with E-state index in [4.69, 9.17) is 0 Å². The maximum absolute atomic E-state index is 13.8. The van der Waals surface area contributed by atoms with E-state index in [1.165, 1.54) is 12.1 Å². The monoisotopic (exact) mass is 363 g/mol. The molecule has 0 saturated heterocycles. The van der Waals surface area contributed by atoms with Gasteiger partial charge in [0.05, 0.1) is 0 Å². The molecule has 0 bridgehead atoms. The van der Waals surface area contributed by atoms with Crippen LogP contribution in [-0.2, 0) is 0 Å². The van der Waals surface area contributed by atoms with E-state index in [0.29, 0.717) is 0 Å². The van der Waals surface area contributed by atoms with Gasteiger partial charge >= 0.3 is 0 Å². The largest absolute Gasteiger partial charge is 0.371 e. The highest BCUT2D eigenvalue weighted by atomic mass is 32.2. The molecular formula is C21H27F2NS. The maximum Gasteiger partial charge on any atom is 0.159 e. The molecule has 0 aliphatic rings. The molecule has 0 unspecified atom stereocenters. The Bertz CT molecular complexity index is 680. The van der Waals surface area contributed by atoms with E-state index < -0.39 is 11.6 Å². The minimum absolute atomic E-state index is 0.733. The minimum Gasteiger partial charge on any atom is -0.371 e. The number of halogens is 2. The first-order valence-corrected chi connectivity index (χ1v) is 10.2. The lowest BCUT2D eigenvalue weighted by atomic mass is 10.0. The van der Waals surface area contributed by atoms with Crippen LogP contribution in [0.15, 0.2) is 41.3 Å². The number of anilines is 1. The summed E-state index contributed by atoms with van der Waals surface area (Å²) in [6.45, 7) is 6.33. The Balaban J connectivity index is 2.53. The summed E-state index contributed by atoms with van der Waals surface area (Å²) in [5.74, 6) is -1.60. The molecule has 4 heteroatoms. The Morgan fingerprint density at radius 1 is 0.920 bits per heavy atom. The molecule has 0 radical (unpaired) electrons. The molecule has 0 aliphatic heterocycles. The van der Waals surface area contributed by atoms with Crippen LogP contribution in [0.4, 0.5) is 14.5 Å². The number of hydrogen-bond donors (Lipinski definition) is 0. The Kier molecular flexibility index (Phi) is 7.76. The summed E-state index contributed by atoms with van der Waals surface area (Å²) in [6, 6.07) is 10.4. The number of hydrogen-bond acceptors (Lipinski definition) is 2. The summed E-state index contributed by atoms with van der Waals surface area (Å²) < 4.78 is 27.2. The zero-order valence-electron chi connectivity index (χ0n) is 15.3. The van der Waals surface area contributed by atoms with Crippen LogP contribution in [0, 0.1) is 11.6 Å². The molecule has 0 aromatic heterocycles. The lowest BCUT2D eigenvalue weighted by Gasteiger charge is -2.28. The van der Waals surface area contributed by atoms with Gasteiger partial charge in [-0.05, 0) is 48.9 Å². The molecule has 2 aromatic carbocycles. The number of benzene rings is 2. The third-order valence-electron chi connectivity index (χ3n) is 4.34. The minimum atomic E-state index is -0.805. The van der Waals surface area contributed by atoms with Gasteiger partial charge in [0.2, 0.25) is 0 Å². The van der Waals surface area contributed by atoms with Crippen molar-refractivity contribution >= 4 is 17.4 Å². The normalized spacial score (nSPS) is 10.9. The Labute approximate surface area is 154 Å². The fraction of sp³-hybridized carbons (Fsp3) is 0.429. The van der Waals surface area contributed by atoms with E-state index in [9.17, 15) is 8.78 Å². The van der Waals surface area contributed by atoms with Crippen LogP contribution in [0.1, 0.15) is 39.5 Å². The molecule has 2 aromatic rings. The van der Waals surface area contributed by atoms with Gasteiger partial charge < -0.3 is 4.90 Å². The van der Waals surface area contributed by atoms with Crippen LogP contribution in [-0.4, -0.2) is 19.3 Å². The maximum atomic E-state index is 13.8. The van der Waals surface area contributed by atoms with Gasteiger partial charge in [0.25, 0.3) is 0 Å². The quantitative estimate of drug-likeness (QED) is 0.453. The van der Waals surface area contributed by atoms with Crippen molar-refractivity contribution in [3.8, 4) is 11.1 Å². The highest BCUT2D eigenvalue weighted by molar-refractivity contribution is 7.98. The second-order valence-corrected chi connectivity index (χ2v) is 7.03. The summed E-state index contributed by atoms with van der Waals surface area (Å²) >= 11 is 1.64. The van der Waals surface area contributed by atoms with Gasteiger partial charge in [-0.2, -0.15) is 0 Å². The Hall–Kier alpha value is -1.55. The fourth-order valence-electron chi connectivity index (χ4n) is 2.95. The molecule has 0 atom stereocenters. The topological polar surface area (TPSA) is 3.24 Å². The molecule has 0 amide bonds. The third-order valence-corrected chi connectivity index (χ3v) is 5.12. The van der Waals surface area contributed by atoms with Crippen LogP contribution < -0.4 is 4.90 Å².